The van der Waals surface area contributed by atoms with Crippen LogP contribution in [0.5, 0.6) is 0 Å². The van der Waals surface area contributed by atoms with Crippen LogP contribution in [0.15, 0.2) is 41.4 Å². The highest BCUT2D eigenvalue weighted by atomic mass is 32.1. The second-order valence-electron chi connectivity index (χ2n) is 6.40. The van der Waals surface area contributed by atoms with E-state index in [4.69, 9.17) is 4.74 Å². The maximum Gasteiger partial charge on any atom is 0.279 e. The SMILES string of the molecule is CCOCCn1c(=NC(=O)c2ccccc2C)sc2c(C)cc(C)cc21. The van der Waals surface area contributed by atoms with Crippen molar-refractivity contribution in [3.05, 3.63) is 63.5 Å². The van der Waals surface area contributed by atoms with Gasteiger partial charge in [-0.15, -0.1) is 0 Å². The molecule has 4 nitrogen and oxygen atoms in total. The molecule has 3 aromatic rings. The van der Waals surface area contributed by atoms with Crippen molar-refractivity contribution in [1.82, 2.24) is 4.57 Å². The molecule has 0 N–H and O–H groups in total. The van der Waals surface area contributed by atoms with Crippen LogP contribution in [-0.4, -0.2) is 23.7 Å². The zero-order valence-corrected chi connectivity index (χ0v) is 16.5. The Balaban J connectivity index is 2.14. The van der Waals surface area contributed by atoms with Gasteiger partial charge in [0.05, 0.1) is 16.8 Å². The van der Waals surface area contributed by atoms with Gasteiger partial charge in [0.15, 0.2) is 4.80 Å². The topological polar surface area (TPSA) is 43.6 Å². The minimum absolute atomic E-state index is 0.200. The van der Waals surface area contributed by atoms with Crippen LogP contribution < -0.4 is 4.80 Å². The van der Waals surface area contributed by atoms with Crippen molar-refractivity contribution in [1.29, 1.82) is 0 Å². The first kappa shape index (κ1) is 18.5. The molecule has 1 amide bonds. The number of ether oxygens (including phenoxy) is 1. The summed E-state index contributed by atoms with van der Waals surface area (Å²) in [6.45, 7) is 10.1. The number of carbonyl (C=O) groups excluding carboxylic acids is 1. The van der Waals surface area contributed by atoms with E-state index in [2.05, 4.69) is 35.5 Å². The van der Waals surface area contributed by atoms with Crippen molar-refractivity contribution in [2.75, 3.05) is 13.2 Å². The van der Waals surface area contributed by atoms with Crippen LogP contribution in [0.1, 0.15) is 34.0 Å². The molecular weight excluding hydrogens is 344 g/mol. The third kappa shape index (κ3) is 3.79. The lowest BCUT2D eigenvalue weighted by Gasteiger charge is -2.07. The summed E-state index contributed by atoms with van der Waals surface area (Å²) >= 11 is 1.57. The first-order valence-electron chi connectivity index (χ1n) is 8.84. The number of hydrogen-bond acceptors (Lipinski definition) is 3. The number of aromatic nitrogens is 1. The van der Waals surface area contributed by atoms with Crippen LogP contribution in [0, 0.1) is 20.8 Å². The quantitative estimate of drug-likeness (QED) is 0.626. The Hall–Kier alpha value is -2.24. The number of thiazole rings is 1. The molecule has 0 radical (unpaired) electrons. The summed E-state index contributed by atoms with van der Waals surface area (Å²) in [6.07, 6.45) is 0. The van der Waals surface area contributed by atoms with E-state index in [-0.39, 0.29) is 5.91 Å². The summed E-state index contributed by atoms with van der Waals surface area (Å²) in [5, 5.41) is 0. The summed E-state index contributed by atoms with van der Waals surface area (Å²) in [5.74, 6) is -0.200. The third-order valence-corrected chi connectivity index (χ3v) is 5.58. The molecule has 0 fully saturated rings. The predicted octanol–water partition coefficient (Wildman–Crippen LogP) is 4.41. The van der Waals surface area contributed by atoms with Crippen LogP contribution in [0.25, 0.3) is 10.2 Å². The van der Waals surface area contributed by atoms with Gasteiger partial charge in [0, 0.05) is 18.7 Å². The van der Waals surface area contributed by atoms with Crippen molar-refractivity contribution in [2.45, 2.75) is 34.2 Å². The van der Waals surface area contributed by atoms with Gasteiger partial charge in [0.1, 0.15) is 0 Å². The fraction of sp³-hybridized carbons (Fsp3) is 0.333. The van der Waals surface area contributed by atoms with E-state index in [1.165, 1.54) is 15.8 Å². The Morgan fingerprint density at radius 2 is 1.92 bits per heavy atom. The molecule has 0 aliphatic heterocycles. The van der Waals surface area contributed by atoms with Crippen molar-refractivity contribution in [3.8, 4) is 0 Å². The Bertz CT molecular complexity index is 1010. The minimum Gasteiger partial charge on any atom is -0.380 e. The fourth-order valence-electron chi connectivity index (χ4n) is 3.07. The Morgan fingerprint density at radius 1 is 1.15 bits per heavy atom. The Labute approximate surface area is 157 Å². The van der Waals surface area contributed by atoms with Crippen LogP contribution in [0.4, 0.5) is 0 Å². The van der Waals surface area contributed by atoms with Crippen molar-refractivity contribution < 1.29 is 9.53 Å². The molecule has 0 bridgehead atoms. The zero-order valence-electron chi connectivity index (χ0n) is 15.7. The molecule has 26 heavy (non-hydrogen) atoms. The van der Waals surface area contributed by atoms with E-state index in [1.807, 2.05) is 38.1 Å². The van der Waals surface area contributed by atoms with Gasteiger partial charge in [-0.05, 0) is 56.5 Å². The van der Waals surface area contributed by atoms with E-state index in [0.29, 0.717) is 25.3 Å². The van der Waals surface area contributed by atoms with Gasteiger partial charge in [0.25, 0.3) is 5.91 Å². The molecule has 0 spiro atoms. The molecule has 2 aromatic carbocycles. The molecule has 136 valence electrons. The molecule has 0 aliphatic carbocycles. The van der Waals surface area contributed by atoms with Crippen molar-refractivity contribution in [3.63, 3.8) is 0 Å². The molecular formula is C21H24N2O2S. The number of aryl methyl sites for hydroxylation is 3. The summed E-state index contributed by atoms with van der Waals surface area (Å²) in [4.78, 5) is 17.9. The number of hydrogen-bond donors (Lipinski definition) is 0. The first-order chi connectivity index (χ1) is 12.5. The average molecular weight is 369 g/mol. The number of benzene rings is 2. The van der Waals surface area contributed by atoms with Gasteiger partial charge in [0.2, 0.25) is 0 Å². The van der Waals surface area contributed by atoms with Gasteiger partial charge in [-0.25, -0.2) is 0 Å². The van der Waals surface area contributed by atoms with E-state index in [0.717, 1.165) is 15.9 Å². The third-order valence-electron chi connectivity index (χ3n) is 4.35. The highest BCUT2D eigenvalue weighted by molar-refractivity contribution is 7.16. The van der Waals surface area contributed by atoms with Crippen LogP contribution in [-0.2, 0) is 11.3 Å². The number of fused-ring (bicyclic) bond motifs is 1. The van der Waals surface area contributed by atoms with E-state index in [1.54, 1.807) is 11.3 Å². The summed E-state index contributed by atoms with van der Waals surface area (Å²) < 4.78 is 8.81. The summed E-state index contributed by atoms with van der Waals surface area (Å²) in [6, 6.07) is 11.9. The van der Waals surface area contributed by atoms with Crippen LogP contribution in [0.2, 0.25) is 0 Å². The lowest BCUT2D eigenvalue weighted by atomic mass is 10.1. The highest BCUT2D eigenvalue weighted by Gasteiger charge is 2.12. The first-order valence-corrected chi connectivity index (χ1v) is 9.66. The molecule has 1 aromatic heterocycles. The zero-order chi connectivity index (χ0) is 18.7. The fourth-order valence-corrected chi connectivity index (χ4v) is 4.18. The minimum atomic E-state index is -0.200. The molecule has 0 unspecified atom stereocenters. The van der Waals surface area contributed by atoms with Crippen molar-refractivity contribution >= 4 is 27.5 Å². The standard InChI is InChI=1S/C21H24N2O2S/c1-5-25-11-10-23-18-13-14(2)12-16(4)19(18)26-21(23)22-20(24)17-9-7-6-8-15(17)3/h6-9,12-13H,5,10-11H2,1-4H3. The number of nitrogens with zero attached hydrogens (tertiary/aromatic N) is 2. The average Bonchev–Trinajstić information content (AvgIpc) is 2.93. The van der Waals surface area contributed by atoms with E-state index < -0.39 is 0 Å². The highest BCUT2D eigenvalue weighted by Crippen LogP contribution is 2.23. The van der Waals surface area contributed by atoms with Gasteiger partial charge >= 0.3 is 0 Å². The van der Waals surface area contributed by atoms with Gasteiger partial charge in [-0.1, -0.05) is 35.6 Å². The van der Waals surface area contributed by atoms with Crippen LogP contribution >= 0.6 is 11.3 Å². The smallest absolute Gasteiger partial charge is 0.279 e. The molecule has 1 heterocycles. The monoisotopic (exact) mass is 368 g/mol. The largest absolute Gasteiger partial charge is 0.380 e. The van der Waals surface area contributed by atoms with Gasteiger partial charge < -0.3 is 9.30 Å². The molecule has 3 rings (SSSR count). The summed E-state index contributed by atoms with van der Waals surface area (Å²) in [7, 11) is 0. The lowest BCUT2D eigenvalue weighted by Crippen LogP contribution is -2.20. The summed E-state index contributed by atoms with van der Waals surface area (Å²) in [5.41, 5.74) is 5.11. The number of carbonyl (C=O) groups is 1. The molecule has 0 atom stereocenters. The molecule has 0 aliphatic rings. The predicted molar refractivity (Wildman–Crippen MR) is 107 cm³/mol. The van der Waals surface area contributed by atoms with Crippen molar-refractivity contribution in [2.24, 2.45) is 4.99 Å². The number of rotatable bonds is 5. The molecule has 0 saturated carbocycles. The maximum absolute atomic E-state index is 12.7. The molecule has 0 saturated heterocycles. The molecule has 5 heteroatoms. The second kappa shape index (κ2) is 7.98. The maximum atomic E-state index is 12.7. The van der Waals surface area contributed by atoms with E-state index >= 15 is 0 Å². The number of amides is 1. The van der Waals surface area contributed by atoms with Crippen LogP contribution in [0.3, 0.4) is 0 Å². The second-order valence-corrected chi connectivity index (χ2v) is 7.37. The van der Waals surface area contributed by atoms with Gasteiger partial charge in [-0.2, -0.15) is 4.99 Å². The Morgan fingerprint density at radius 3 is 2.65 bits per heavy atom. The lowest BCUT2D eigenvalue weighted by molar-refractivity contribution is 0.0996. The van der Waals surface area contributed by atoms with Gasteiger partial charge in [-0.3, -0.25) is 4.79 Å². The normalized spacial score (nSPS) is 12.1. The Kier molecular flexibility index (Phi) is 5.69. The van der Waals surface area contributed by atoms with E-state index in [9.17, 15) is 4.79 Å².